The van der Waals surface area contributed by atoms with E-state index in [2.05, 4.69) is 12.2 Å². The maximum atomic E-state index is 10.5. The van der Waals surface area contributed by atoms with Crippen LogP contribution in [0.1, 0.15) is 58.3 Å². The fourth-order valence-corrected chi connectivity index (χ4v) is 1.43. The third kappa shape index (κ3) is 9.29. The molecule has 0 saturated heterocycles. The van der Waals surface area contributed by atoms with Gasteiger partial charge in [-0.2, -0.15) is 0 Å². The Balaban J connectivity index is 2.99. The number of hydrogen-bond donors (Lipinski definition) is 1. The average molecular weight is 202 g/mol. The smallest absolute Gasteiger partial charge is 0.197 e. The highest BCUT2D eigenvalue weighted by Gasteiger charge is 1.96. The van der Waals surface area contributed by atoms with E-state index in [-0.39, 0.29) is 0 Å². The van der Waals surface area contributed by atoms with Crippen LogP contribution < -0.4 is 0 Å². The molecule has 0 unspecified atom stereocenters. The van der Waals surface area contributed by atoms with Crippen molar-refractivity contribution in [3.63, 3.8) is 0 Å². The molecule has 0 amide bonds. The van der Waals surface area contributed by atoms with Crippen LogP contribution in [0.25, 0.3) is 0 Å². The molecule has 0 aliphatic heterocycles. The van der Waals surface area contributed by atoms with Crippen molar-refractivity contribution >= 4 is 0 Å². The van der Waals surface area contributed by atoms with Crippen LogP contribution in [0.15, 0.2) is 5.28 Å². The van der Waals surface area contributed by atoms with Crippen LogP contribution >= 0.6 is 0 Å². The van der Waals surface area contributed by atoms with Gasteiger partial charge in [0.05, 0.1) is 0 Å². The second kappa shape index (κ2) is 10.3. The van der Waals surface area contributed by atoms with Gasteiger partial charge in [0.2, 0.25) is 0 Å². The second-order valence-electron chi connectivity index (χ2n) is 3.64. The van der Waals surface area contributed by atoms with Crippen molar-refractivity contribution < 1.29 is 10.1 Å². The zero-order valence-corrected chi connectivity index (χ0v) is 9.11. The summed E-state index contributed by atoms with van der Waals surface area (Å²) in [5.74, 6) is 0. The van der Waals surface area contributed by atoms with E-state index >= 15 is 0 Å². The standard InChI is InChI=1S/C10H22N2O2/c1-2-3-4-5-6-7-8-9-10-12(14)11-13/h13H,2-10H2,1H3. The quantitative estimate of drug-likeness (QED) is 0.269. The average Bonchev–Trinajstić information content (AvgIpc) is 2.21. The van der Waals surface area contributed by atoms with E-state index in [1.54, 1.807) is 0 Å². The summed E-state index contributed by atoms with van der Waals surface area (Å²) in [7, 11) is 0. The Morgan fingerprint density at radius 3 is 2.00 bits per heavy atom. The first kappa shape index (κ1) is 13.2. The Morgan fingerprint density at radius 1 is 1.00 bits per heavy atom. The first-order valence-corrected chi connectivity index (χ1v) is 5.61. The number of rotatable bonds is 9. The summed E-state index contributed by atoms with van der Waals surface area (Å²) in [6, 6.07) is 0. The molecule has 0 aromatic heterocycles. The minimum atomic E-state index is 0.311. The number of unbranched alkanes of at least 4 members (excludes halogenated alkanes) is 7. The van der Waals surface area contributed by atoms with Crippen molar-refractivity contribution in [3.05, 3.63) is 5.21 Å². The van der Waals surface area contributed by atoms with Gasteiger partial charge in [-0.25, -0.2) is 0 Å². The summed E-state index contributed by atoms with van der Waals surface area (Å²) < 4.78 is 0. The molecule has 0 aliphatic rings. The fraction of sp³-hybridized carbons (Fsp3) is 1.00. The number of hydroxylamine groups is 1. The van der Waals surface area contributed by atoms with Crippen molar-refractivity contribution in [1.82, 2.24) is 0 Å². The van der Waals surface area contributed by atoms with Gasteiger partial charge in [-0.3, -0.25) is 0 Å². The molecule has 4 heteroatoms. The molecule has 0 bridgehead atoms. The van der Waals surface area contributed by atoms with Crippen LogP contribution in [0.2, 0.25) is 0 Å². The highest BCUT2D eigenvalue weighted by molar-refractivity contribution is 4.45. The molecule has 0 atom stereocenters. The summed E-state index contributed by atoms with van der Waals surface area (Å²) >= 11 is 0. The lowest BCUT2D eigenvalue weighted by atomic mass is 10.1. The van der Waals surface area contributed by atoms with E-state index < -0.39 is 0 Å². The molecule has 0 radical (unpaired) electrons. The predicted molar refractivity (Wildman–Crippen MR) is 55.3 cm³/mol. The van der Waals surface area contributed by atoms with Gasteiger partial charge in [-0.15, -0.1) is 0 Å². The van der Waals surface area contributed by atoms with Gasteiger partial charge in [-0.05, 0) is 6.42 Å². The van der Waals surface area contributed by atoms with E-state index in [1.165, 1.54) is 38.5 Å². The fourth-order valence-electron chi connectivity index (χ4n) is 1.43. The molecule has 0 aliphatic carbocycles. The zero-order valence-electron chi connectivity index (χ0n) is 9.11. The zero-order chi connectivity index (χ0) is 10.6. The Morgan fingerprint density at radius 2 is 1.50 bits per heavy atom. The molecule has 0 spiro atoms. The minimum absolute atomic E-state index is 0.311. The van der Waals surface area contributed by atoms with Gasteiger partial charge < -0.3 is 10.4 Å². The van der Waals surface area contributed by atoms with Gasteiger partial charge in [0.25, 0.3) is 0 Å². The highest BCUT2D eigenvalue weighted by Crippen LogP contribution is 2.08. The first-order valence-electron chi connectivity index (χ1n) is 5.61. The molecule has 0 heterocycles. The van der Waals surface area contributed by atoms with E-state index in [4.69, 9.17) is 5.21 Å². The molecular formula is C10H22N2O2. The van der Waals surface area contributed by atoms with Crippen LogP contribution in [0.3, 0.4) is 0 Å². The van der Waals surface area contributed by atoms with Gasteiger partial charge in [0.15, 0.2) is 11.8 Å². The van der Waals surface area contributed by atoms with Gasteiger partial charge in [-0.1, -0.05) is 50.3 Å². The summed E-state index contributed by atoms with van der Waals surface area (Å²) in [4.78, 5) is 0.330. The molecule has 0 fully saturated rings. The lowest BCUT2D eigenvalue weighted by Gasteiger charge is -2.00. The summed E-state index contributed by atoms with van der Waals surface area (Å²) in [6.45, 7) is 2.52. The van der Waals surface area contributed by atoms with Crippen LogP contribution in [-0.2, 0) is 0 Å². The number of nitrogens with zero attached hydrogens (tertiary/aromatic N) is 2. The summed E-state index contributed by atoms with van der Waals surface area (Å²) in [5.41, 5.74) is 0. The molecule has 0 aromatic carbocycles. The van der Waals surface area contributed by atoms with Gasteiger partial charge in [0.1, 0.15) is 0 Å². The van der Waals surface area contributed by atoms with Crippen molar-refractivity contribution in [2.45, 2.75) is 58.3 Å². The third-order valence-corrected chi connectivity index (χ3v) is 2.30. The van der Waals surface area contributed by atoms with Crippen LogP contribution in [-0.4, -0.2) is 16.6 Å². The van der Waals surface area contributed by atoms with Crippen LogP contribution in [0, 0.1) is 5.21 Å². The lowest BCUT2D eigenvalue weighted by molar-refractivity contribution is -0.556. The maximum Gasteiger partial charge on any atom is 0.197 e. The Bertz CT molecular complexity index is 149. The van der Waals surface area contributed by atoms with Crippen molar-refractivity contribution in [2.75, 3.05) is 6.54 Å². The van der Waals surface area contributed by atoms with E-state index in [1.807, 2.05) is 0 Å². The van der Waals surface area contributed by atoms with Crippen LogP contribution in [0.5, 0.6) is 0 Å². The van der Waals surface area contributed by atoms with Crippen LogP contribution in [0.4, 0.5) is 0 Å². The highest BCUT2D eigenvalue weighted by atomic mass is 16.6. The van der Waals surface area contributed by atoms with Crippen molar-refractivity contribution in [3.8, 4) is 0 Å². The minimum Gasteiger partial charge on any atom is -0.597 e. The summed E-state index contributed by atoms with van der Waals surface area (Å²) in [5, 5.41) is 21.1. The van der Waals surface area contributed by atoms with Crippen molar-refractivity contribution in [2.24, 2.45) is 5.28 Å². The van der Waals surface area contributed by atoms with Crippen molar-refractivity contribution in [1.29, 1.82) is 0 Å². The topological polar surface area (TPSA) is 58.7 Å². The largest absolute Gasteiger partial charge is 0.597 e. The molecule has 1 N–H and O–H groups in total. The van der Waals surface area contributed by atoms with E-state index in [0.717, 1.165) is 12.8 Å². The lowest BCUT2D eigenvalue weighted by Crippen LogP contribution is -2.01. The molecule has 0 aromatic rings. The normalized spacial score (nSPS) is 11.9. The maximum absolute atomic E-state index is 10.5. The second-order valence-corrected chi connectivity index (χ2v) is 3.64. The molecular weight excluding hydrogens is 180 g/mol. The van der Waals surface area contributed by atoms with Gasteiger partial charge >= 0.3 is 0 Å². The number of hydrogen-bond acceptors (Lipinski definition) is 2. The SMILES string of the molecule is CCCCCCCCCC[N+]([O-])=NO. The first-order chi connectivity index (χ1) is 6.81. The van der Waals surface area contributed by atoms with E-state index in [9.17, 15) is 5.21 Å². The molecule has 84 valence electrons. The Labute approximate surface area is 86.2 Å². The Hall–Kier alpha value is -0.800. The molecule has 0 saturated carbocycles. The van der Waals surface area contributed by atoms with E-state index in [0.29, 0.717) is 11.4 Å². The molecule has 14 heavy (non-hydrogen) atoms. The monoisotopic (exact) mass is 202 g/mol. The van der Waals surface area contributed by atoms with Gasteiger partial charge in [0, 0.05) is 6.42 Å². The predicted octanol–water partition coefficient (Wildman–Crippen LogP) is 3.48. The third-order valence-electron chi connectivity index (χ3n) is 2.30. The molecule has 4 nitrogen and oxygen atoms in total. The summed E-state index contributed by atoms with van der Waals surface area (Å²) in [6.07, 6.45) is 9.57. The Kier molecular flexibility index (Phi) is 9.69. The molecule has 0 rings (SSSR count).